The standard InChI is InChI=1S/C13H17Cl2NO/c1-9-5-6-11(12(15)8-9)13(17)16-7-3-4-10(2)14/h5-6,8,10H,3-4,7H2,1-2H3,(H,16,17). The summed E-state index contributed by atoms with van der Waals surface area (Å²) in [5.41, 5.74) is 1.57. The largest absolute Gasteiger partial charge is 0.352 e. The summed E-state index contributed by atoms with van der Waals surface area (Å²) in [4.78, 5) is 11.8. The predicted octanol–water partition coefficient (Wildman–Crippen LogP) is 3.79. The Hall–Kier alpha value is -0.730. The second kappa shape index (κ2) is 6.87. The number of amides is 1. The van der Waals surface area contributed by atoms with Gasteiger partial charge in [-0.3, -0.25) is 4.79 Å². The first kappa shape index (κ1) is 14.3. The van der Waals surface area contributed by atoms with E-state index in [4.69, 9.17) is 23.2 Å². The zero-order valence-electron chi connectivity index (χ0n) is 10.1. The molecule has 0 spiro atoms. The van der Waals surface area contributed by atoms with Crippen molar-refractivity contribution in [2.24, 2.45) is 0 Å². The molecule has 0 saturated carbocycles. The van der Waals surface area contributed by atoms with Crippen LogP contribution in [0.5, 0.6) is 0 Å². The molecule has 0 aliphatic rings. The summed E-state index contributed by atoms with van der Waals surface area (Å²) in [5, 5.41) is 3.47. The first-order valence-corrected chi connectivity index (χ1v) is 6.50. The maximum absolute atomic E-state index is 11.8. The molecule has 1 aromatic rings. The van der Waals surface area contributed by atoms with Crippen molar-refractivity contribution < 1.29 is 4.79 Å². The van der Waals surface area contributed by atoms with Gasteiger partial charge in [0.25, 0.3) is 5.91 Å². The maximum Gasteiger partial charge on any atom is 0.252 e. The Kier molecular flexibility index (Phi) is 5.79. The number of carbonyl (C=O) groups excluding carboxylic acids is 1. The van der Waals surface area contributed by atoms with Crippen molar-refractivity contribution in [3.8, 4) is 0 Å². The first-order valence-electron chi connectivity index (χ1n) is 5.69. The molecule has 1 amide bonds. The SMILES string of the molecule is Cc1ccc(C(=O)NCCCC(C)Cl)c(Cl)c1. The molecule has 94 valence electrons. The summed E-state index contributed by atoms with van der Waals surface area (Å²) in [5.74, 6) is -0.128. The van der Waals surface area contributed by atoms with E-state index in [9.17, 15) is 4.79 Å². The zero-order valence-corrected chi connectivity index (χ0v) is 11.6. The molecule has 0 fully saturated rings. The Balaban J connectivity index is 2.47. The molecule has 17 heavy (non-hydrogen) atoms. The lowest BCUT2D eigenvalue weighted by Crippen LogP contribution is -2.25. The number of benzene rings is 1. The molecule has 0 saturated heterocycles. The van der Waals surface area contributed by atoms with Crippen molar-refractivity contribution >= 4 is 29.1 Å². The van der Waals surface area contributed by atoms with Gasteiger partial charge < -0.3 is 5.32 Å². The fourth-order valence-electron chi connectivity index (χ4n) is 1.48. The van der Waals surface area contributed by atoms with E-state index in [1.165, 1.54) is 0 Å². The highest BCUT2D eigenvalue weighted by Gasteiger charge is 2.09. The molecular formula is C13H17Cl2NO. The second-order valence-electron chi connectivity index (χ2n) is 4.16. The number of alkyl halides is 1. The summed E-state index contributed by atoms with van der Waals surface area (Å²) in [6.07, 6.45) is 1.77. The van der Waals surface area contributed by atoms with E-state index in [1.807, 2.05) is 19.9 Å². The number of halogens is 2. The minimum absolute atomic E-state index is 0.128. The number of rotatable bonds is 5. The second-order valence-corrected chi connectivity index (χ2v) is 5.31. The number of carbonyl (C=O) groups is 1. The molecular weight excluding hydrogens is 257 g/mol. The van der Waals surface area contributed by atoms with Crippen LogP contribution >= 0.6 is 23.2 Å². The Morgan fingerprint density at radius 2 is 2.18 bits per heavy atom. The lowest BCUT2D eigenvalue weighted by atomic mass is 10.1. The third-order valence-electron chi connectivity index (χ3n) is 2.43. The molecule has 1 aromatic carbocycles. The predicted molar refractivity (Wildman–Crippen MR) is 73.1 cm³/mol. The lowest BCUT2D eigenvalue weighted by molar-refractivity contribution is 0.0953. The number of hydrogen-bond donors (Lipinski definition) is 1. The van der Waals surface area contributed by atoms with Crippen LogP contribution in [-0.4, -0.2) is 17.8 Å². The highest BCUT2D eigenvalue weighted by atomic mass is 35.5. The minimum Gasteiger partial charge on any atom is -0.352 e. The van der Waals surface area contributed by atoms with Crippen LogP contribution < -0.4 is 5.32 Å². The Labute approximate surface area is 112 Å². The van der Waals surface area contributed by atoms with Crippen LogP contribution in [0.15, 0.2) is 18.2 Å². The van der Waals surface area contributed by atoms with Crippen LogP contribution in [0.1, 0.15) is 35.7 Å². The number of nitrogens with one attached hydrogen (secondary N) is 1. The molecule has 0 aromatic heterocycles. The quantitative estimate of drug-likeness (QED) is 0.642. The zero-order chi connectivity index (χ0) is 12.8. The average Bonchev–Trinajstić information content (AvgIpc) is 2.23. The monoisotopic (exact) mass is 273 g/mol. The van der Waals surface area contributed by atoms with Crippen molar-refractivity contribution in [1.29, 1.82) is 0 Å². The van der Waals surface area contributed by atoms with Gasteiger partial charge in [0, 0.05) is 11.9 Å². The molecule has 1 atom stereocenters. The summed E-state index contributed by atoms with van der Waals surface area (Å²) >= 11 is 11.8. The summed E-state index contributed by atoms with van der Waals surface area (Å²) in [7, 11) is 0. The molecule has 0 heterocycles. The van der Waals surface area contributed by atoms with Gasteiger partial charge in [0.1, 0.15) is 0 Å². The van der Waals surface area contributed by atoms with Crippen molar-refractivity contribution in [3.05, 3.63) is 34.3 Å². The van der Waals surface area contributed by atoms with Gasteiger partial charge in [0.2, 0.25) is 0 Å². The van der Waals surface area contributed by atoms with Gasteiger partial charge in [-0.25, -0.2) is 0 Å². The Morgan fingerprint density at radius 3 is 2.76 bits per heavy atom. The van der Waals surface area contributed by atoms with Crippen LogP contribution in [-0.2, 0) is 0 Å². The maximum atomic E-state index is 11.8. The van der Waals surface area contributed by atoms with Crippen LogP contribution in [0.2, 0.25) is 5.02 Å². The van der Waals surface area contributed by atoms with Crippen LogP contribution in [0.25, 0.3) is 0 Å². The van der Waals surface area contributed by atoms with Crippen LogP contribution in [0, 0.1) is 6.92 Å². The van der Waals surface area contributed by atoms with Gasteiger partial charge in [-0.1, -0.05) is 17.7 Å². The van der Waals surface area contributed by atoms with E-state index >= 15 is 0 Å². The van der Waals surface area contributed by atoms with E-state index in [0.29, 0.717) is 17.1 Å². The molecule has 0 radical (unpaired) electrons. The van der Waals surface area contributed by atoms with Gasteiger partial charge >= 0.3 is 0 Å². The number of hydrogen-bond acceptors (Lipinski definition) is 1. The molecule has 1 unspecified atom stereocenters. The third-order valence-corrected chi connectivity index (χ3v) is 2.96. The van der Waals surface area contributed by atoms with E-state index in [-0.39, 0.29) is 11.3 Å². The van der Waals surface area contributed by atoms with Gasteiger partial charge in [0.15, 0.2) is 0 Å². The van der Waals surface area contributed by atoms with Crippen molar-refractivity contribution in [1.82, 2.24) is 5.32 Å². The van der Waals surface area contributed by atoms with Gasteiger partial charge in [-0.15, -0.1) is 11.6 Å². The molecule has 0 bridgehead atoms. The molecule has 0 aliphatic heterocycles. The van der Waals surface area contributed by atoms with Crippen molar-refractivity contribution in [2.75, 3.05) is 6.54 Å². The fourth-order valence-corrected chi connectivity index (χ4v) is 1.96. The highest BCUT2D eigenvalue weighted by molar-refractivity contribution is 6.33. The summed E-state index contributed by atoms with van der Waals surface area (Å²) < 4.78 is 0. The Bertz CT molecular complexity index is 391. The summed E-state index contributed by atoms with van der Waals surface area (Å²) in [6, 6.07) is 5.41. The van der Waals surface area contributed by atoms with E-state index in [2.05, 4.69) is 5.32 Å². The van der Waals surface area contributed by atoms with E-state index in [0.717, 1.165) is 18.4 Å². The molecule has 1 N–H and O–H groups in total. The molecule has 0 aliphatic carbocycles. The normalized spacial score (nSPS) is 12.2. The minimum atomic E-state index is -0.128. The lowest BCUT2D eigenvalue weighted by Gasteiger charge is -2.07. The van der Waals surface area contributed by atoms with Crippen molar-refractivity contribution in [3.63, 3.8) is 0 Å². The first-order chi connectivity index (χ1) is 8.00. The van der Waals surface area contributed by atoms with E-state index in [1.54, 1.807) is 12.1 Å². The van der Waals surface area contributed by atoms with Crippen molar-refractivity contribution in [2.45, 2.75) is 32.1 Å². The smallest absolute Gasteiger partial charge is 0.252 e. The van der Waals surface area contributed by atoms with Gasteiger partial charge in [-0.2, -0.15) is 0 Å². The Morgan fingerprint density at radius 1 is 1.47 bits per heavy atom. The third kappa shape index (κ3) is 4.97. The fraction of sp³-hybridized carbons (Fsp3) is 0.462. The highest BCUT2D eigenvalue weighted by Crippen LogP contribution is 2.17. The molecule has 4 heteroatoms. The summed E-state index contributed by atoms with van der Waals surface area (Å²) in [6.45, 7) is 4.51. The van der Waals surface area contributed by atoms with Crippen LogP contribution in [0.4, 0.5) is 0 Å². The van der Waals surface area contributed by atoms with Crippen LogP contribution in [0.3, 0.4) is 0 Å². The van der Waals surface area contributed by atoms with E-state index < -0.39 is 0 Å². The van der Waals surface area contributed by atoms with Gasteiger partial charge in [0.05, 0.1) is 10.6 Å². The number of aryl methyl sites for hydroxylation is 1. The average molecular weight is 274 g/mol. The molecule has 2 nitrogen and oxygen atoms in total. The molecule has 1 rings (SSSR count). The van der Waals surface area contributed by atoms with Gasteiger partial charge in [-0.05, 0) is 44.4 Å². The topological polar surface area (TPSA) is 29.1 Å².